The highest BCUT2D eigenvalue weighted by Crippen LogP contribution is 2.00. The van der Waals surface area contributed by atoms with Gasteiger partial charge in [-0.15, -0.1) is 5.10 Å². The van der Waals surface area contributed by atoms with Crippen LogP contribution in [0.3, 0.4) is 0 Å². The van der Waals surface area contributed by atoms with Crippen LogP contribution < -0.4 is 5.32 Å². The number of carbonyl (C=O) groups excluding carboxylic acids is 2. The van der Waals surface area contributed by atoms with Crippen LogP contribution in [0.4, 0.5) is 10.6 Å². The Bertz CT molecular complexity index is 387. The van der Waals surface area contributed by atoms with E-state index in [1.165, 1.54) is 22.9 Å². The second kappa shape index (κ2) is 5.10. The van der Waals surface area contributed by atoms with Gasteiger partial charge in [-0.1, -0.05) is 5.21 Å². The van der Waals surface area contributed by atoms with E-state index in [4.69, 9.17) is 0 Å². The number of aromatic nitrogens is 3. The van der Waals surface area contributed by atoms with Gasteiger partial charge in [0.2, 0.25) is 5.91 Å². The van der Waals surface area contributed by atoms with Crippen LogP contribution in [0, 0.1) is 0 Å². The molecule has 0 aromatic carbocycles. The highest BCUT2D eigenvalue weighted by Gasteiger charge is 2.09. The van der Waals surface area contributed by atoms with E-state index in [-0.39, 0.29) is 18.3 Å². The highest BCUT2D eigenvalue weighted by molar-refractivity contribution is 5.82. The molecule has 8 heteroatoms. The molecule has 1 N–H and O–H groups in total. The summed E-state index contributed by atoms with van der Waals surface area (Å²) in [6.45, 7) is 0.0723. The van der Waals surface area contributed by atoms with Gasteiger partial charge in [0.05, 0.1) is 13.3 Å². The smallest absolute Gasteiger partial charge is 0.412 e. The fourth-order valence-electron chi connectivity index (χ4n) is 0.869. The van der Waals surface area contributed by atoms with Crippen molar-refractivity contribution < 1.29 is 14.3 Å². The molecule has 0 aliphatic rings. The topological polar surface area (TPSA) is 89.4 Å². The zero-order valence-electron chi connectivity index (χ0n) is 9.30. The summed E-state index contributed by atoms with van der Waals surface area (Å²) in [7, 11) is 4.54. The van der Waals surface area contributed by atoms with Crippen molar-refractivity contribution in [3.05, 3.63) is 6.20 Å². The normalized spacial score (nSPS) is 9.69. The van der Waals surface area contributed by atoms with E-state index in [0.29, 0.717) is 0 Å². The number of nitrogens with zero attached hydrogens (tertiary/aromatic N) is 4. The molecular weight excluding hydrogens is 214 g/mol. The Hall–Kier alpha value is -2.12. The molecule has 0 atom stereocenters. The number of ether oxygens (including phenoxy) is 1. The number of nitrogens with one attached hydrogen (secondary N) is 1. The van der Waals surface area contributed by atoms with Gasteiger partial charge in [-0.3, -0.25) is 10.1 Å². The summed E-state index contributed by atoms with van der Waals surface area (Å²) in [4.78, 5) is 23.6. The molecule has 0 saturated heterocycles. The van der Waals surface area contributed by atoms with E-state index in [9.17, 15) is 9.59 Å². The minimum Gasteiger partial charge on any atom is -0.453 e. The van der Waals surface area contributed by atoms with E-state index >= 15 is 0 Å². The Labute approximate surface area is 92.2 Å². The maximum atomic E-state index is 11.3. The minimum atomic E-state index is -0.633. The van der Waals surface area contributed by atoms with Crippen molar-refractivity contribution >= 4 is 17.8 Å². The van der Waals surface area contributed by atoms with Crippen molar-refractivity contribution in [1.82, 2.24) is 19.9 Å². The molecule has 1 aromatic rings. The van der Waals surface area contributed by atoms with E-state index in [2.05, 4.69) is 20.4 Å². The molecule has 2 amide bonds. The van der Waals surface area contributed by atoms with Crippen LogP contribution >= 0.6 is 0 Å². The van der Waals surface area contributed by atoms with Crippen molar-refractivity contribution in [1.29, 1.82) is 0 Å². The summed E-state index contributed by atoms with van der Waals surface area (Å²) in [6.07, 6.45) is 0.809. The van der Waals surface area contributed by atoms with Crippen LogP contribution in [0.5, 0.6) is 0 Å². The van der Waals surface area contributed by atoms with E-state index in [1.54, 1.807) is 14.1 Å². The molecule has 0 spiro atoms. The van der Waals surface area contributed by atoms with E-state index in [1.807, 2.05) is 0 Å². The maximum Gasteiger partial charge on any atom is 0.412 e. The van der Waals surface area contributed by atoms with Crippen LogP contribution in [0.2, 0.25) is 0 Å². The third-order valence-corrected chi connectivity index (χ3v) is 1.75. The van der Waals surface area contributed by atoms with Crippen LogP contribution in [0.1, 0.15) is 0 Å². The molecule has 16 heavy (non-hydrogen) atoms. The predicted molar refractivity (Wildman–Crippen MR) is 54.7 cm³/mol. The number of carbonyl (C=O) groups is 2. The highest BCUT2D eigenvalue weighted by atomic mass is 16.5. The molecule has 0 aliphatic heterocycles. The summed E-state index contributed by atoms with van der Waals surface area (Å²) in [6, 6.07) is 0. The van der Waals surface area contributed by atoms with Crippen molar-refractivity contribution in [2.75, 3.05) is 26.5 Å². The molecule has 8 nitrogen and oxygen atoms in total. The molecule has 0 fully saturated rings. The second-order valence-corrected chi connectivity index (χ2v) is 3.21. The van der Waals surface area contributed by atoms with E-state index < -0.39 is 6.09 Å². The molecule has 0 unspecified atom stereocenters. The molecule has 1 rings (SSSR count). The first-order valence-electron chi connectivity index (χ1n) is 4.48. The largest absolute Gasteiger partial charge is 0.453 e. The van der Waals surface area contributed by atoms with Crippen LogP contribution in [0.25, 0.3) is 0 Å². The molecule has 0 radical (unpaired) electrons. The number of amides is 2. The lowest BCUT2D eigenvalue weighted by Crippen LogP contribution is -2.26. The Morgan fingerprint density at radius 3 is 2.81 bits per heavy atom. The first kappa shape index (κ1) is 12.0. The van der Waals surface area contributed by atoms with E-state index in [0.717, 1.165) is 0 Å². The van der Waals surface area contributed by atoms with Crippen molar-refractivity contribution in [2.24, 2.45) is 0 Å². The lowest BCUT2D eigenvalue weighted by atomic mass is 10.5. The van der Waals surface area contributed by atoms with Gasteiger partial charge in [0.15, 0.2) is 5.82 Å². The number of anilines is 1. The predicted octanol–water partition coefficient (Wildman–Crippen LogP) is -0.455. The molecule has 0 bridgehead atoms. The average Bonchev–Trinajstić information content (AvgIpc) is 2.65. The van der Waals surface area contributed by atoms with Crippen molar-refractivity contribution in [3.63, 3.8) is 0 Å². The van der Waals surface area contributed by atoms with Gasteiger partial charge >= 0.3 is 6.09 Å². The Kier molecular flexibility index (Phi) is 3.81. The summed E-state index contributed by atoms with van der Waals surface area (Å²) >= 11 is 0. The van der Waals surface area contributed by atoms with Gasteiger partial charge in [-0.05, 0) is 0 Å². The SMILES string of the molecule is COC(=O)Nc1cn(CC(=O)N(C)C)nn1. The number of hydrogen-bond donors (Lipinski definition) is 1. The number of methoxy groups -OCH3 is 1. The van der Waals surface area contributed by atoms with Gasteiger partial charge in [0, 0.05) is 14.1 Å². The molecule has 1 heterocycles. The number of hydrogen-bond acceptors (Lipinski definition) is 5. The number of rotatable bonds is 3. The minimum absolute atomic E-state index is 0.0723. The molecule has 1 aromatic heterocycles. The van der Waals surface area contributed by atoms with Gasteiger partial charge in [-0.25, -0.2) is 9.48 Å². The van der Waals surface area contributed by atoms with Gasteiger partial charge in [-0.2, -0.15) is 0 Å². The molecule has 88 valence electrons. The Morgan fingerprint density at radius 2 is 2.25 bits per heavy atom. The Morgan fingerprint density at radius 1 is 1.56 bits per heavy atom. The van der Waals surface area contributed by atoms with Crippen molar-refractivity contribution in [3.8, 4) is 0 Å². The van der Waals surface area contributed by atoms with Crippen LogP contribution in [-0.4, -0.2) is 53.1 Å². The summed E-state index contributed by atoms with van der Waals surface area (Å²) < 4.78 is 5.71. The van der Waals surface area contributed by atoms with Crippen molar-refractivity contribution in [2.45, 2.75) is 6.54 Å². The standard InChI is InChI=1S/C8H13N5O3/c1-12(2)7(14)5-13-4-6(10-11-13)9-8(15)16-3/h4H,5H2,1-3H3,(H,9,15). The van der Waals surface area contributed by atoms with Gasteiger partial charge in [0.25, 0.3) is 0 Å². The summed E-state index contributed by atoms with van der Waals surface area (Å²) in [5.41, 5.74) is 0. The average molecular weight is 227 g/mol. The van der Waals surface area contributed by atoms with Gasteiger partial charge < -0.3 is 9.64 Å². The lowest BCUT2D eigenvalue weighted by Gasteiger charge is -2.08. The lowest BCUT2D eigenvalue weighted by molar-refractivity contribution is -0.129. The zero-order valence-corrected chi connectivity index (χ0v) is 9.30. The summed E-state index contributed by atoms with van der Waals surface area (Å²) in [5, 5.41) is 9.66. The monoisotopic (exact) mass is 227 g/mol. The second-order valence-electron chi connectivity index (χ2n) is 3.21. The zero-order chi connectivity index (χ0) is 12.1. The van der Waals surface area contributed by atoms with Gasteiger partial charge in [0.1, 0.15) is 6.54 Å². The number of likely N-dealkylation sites (N-methyl/N-ethyl adjacent to an activating group) is 1. The Balaban J connectivity index is 2.58. The quantitative estimate of drug-likeness (QED) is 0.755. The fourth-order valence-corrected chi connectivity index (χ4v) is 0.869. The molecule has 0 aliphatic carbocycles. The van der Waals surface area contributed by atoms with Crippen LogP contribution in [-0.2, 0) is 16.1 Å². The first-order chi connectivity index (χ1) is 7.52. The van der Waals surface area contributed by atoms with Crippen LogP contribution in [0.15, 0.2) is 6.20 Å². The maximum absolute atomic E-state index is 11.3. The first-order valence-corrected chi connectivity index (χ1v) is 4.48. The molecule has 0 saturated carbocycles. The molecular formula is C8H13N5O3. The third-order valence-electron chi connectivity index (χ3n) is 1.75. The third kappa shape index (κ3) is 3.23. The fraction of sp³-hybridized carbons (Fsp3) is 0.500. The summed E-state index contributed by atoms with van der Waals surface area (Å²) in [5.74, 6) is 0.118.